The number of carboxylic acid groups (broad SMARTS) is 1. The summed E-state index contributed by atoms with van der Waals surface area (Å²) < 4.78 is 98.4. The van der Waals surface area contributed by atoms with Crippen LogP contribution in [-0.2, 0) is 74.5 Å². The maximum absolute atomic E-state index is 13.3. The number of benzene rings is 1. The number of ketones is 3. The fourth-order valence-electron chi connectivity index (χ4n) is 6.21. The van der Waals surface area contributed by atoms with Crippen LogP contribution in [0.4, 0.5) is 26.3 Å². The van der Waals surface area contributed by atoms with E-state index >= 15 is 0 Å². The number of Topliss-reactive ketones (excluding diaryl/α,β-unsaturated/α-hetero) is 3. The molecule has 3 unspecified atom stereocenters. The van der Waals surface area contributed by atoms with E-state index in [0.29, 0.717) is 66.4 Å². The molecule has 1 aromatic carbocycles. The quantitative estimate of drug-likeness (QED) is 0.0177. The van der Waals surface area contributed by atoms with Crippen molar-refractivity contribution < 1.29 is 98.3 Å². The molecule has 0 spiro atoms. The molecule has 0 aromatic heterocycles. The third kappa shape index (κ3) is 35.8. The van der Waals surface area contributed by atoms with Gasteiger partial charge in [-0.15, -0.1) is 0 Å². The molecule has 0 bridgehead atoms. The first kappa shape index (κ1) is 78.5. The third-order valence-corrected chi connectivity index (χ3v) is 11.5. The number of esters is 4. The fraction of sp³-hybridized carbons (Fsp3) is 0.593. The second-order valence-corrected chi connectivity index (χ2v) is 19.7. The second-order valence-electron chi connectivity index (χ2n) is 18.5. The highest BCUT2D eigenvalue weighted by Crippen LogP contribution is 2.39. The molecule has 454 valence electrons. The number of alkyl halides is 8. The Labute approximate surface area is 480 Å². The van der Waals surface area contributed by atoms with Crippen molar-refractivity contribution in [1.29, 1.82) is 0 Å². The molecule has 80 heavy (non-hydrogen) atoms. The van der Waals surface area contributed by atoms with E-state index in [0.717, 1.165) is 0 Å². The van der Waals surface area contributed by atoms with Crippen molar-refractivity contribution in [2.75, 3.05) is 37.1 Å². The molecule has 0 aliphatic carbocycles. The third-order valence-electron chi connectivity index (χ3n) is 10.1. The van der Waals surface area contributed by atoms with E-state index in [1.807, 2.05) is 27.7 Å². The lowest BCUT2D eigenvalue weighted by molar-refractivity contribution is -0.145. The summed E-state index contributed by atoms with van der Waals surface area (Å²) >= 11 is 6.09. The van der Waals surface area contributed by atoms with Gasteiger partial charge in [-0.25, -0.2) is 9.59 Å². The predicted octanol–water partition coefficient (Wildman–Crippen LogP) is 9.56. The van der Waals surface area contributed by atoms with Gasteiger partial charge in [-0.2, -0.15) is 26.3 Å². The average Bonchev–Trinajstić information content (AvgIpc) is 3.36. The van der Waals surface area contributed by atoms with Crippen LogP contribution in [0, 0.1) is 17.8 Å². The van der Waals surface area contributed by atoms with Crippen molar-refractivity contribution >= 4 is 90.9 Å². The monoisotopic (exact) mass is 1280 g/mol. The van der Waals surface area contributed by atoms with Crippen LogP contribution in [0.5, 0.6) is 0 Å². The summed E-state index contributed by atoms with van der Waals surface area (Å²) in [6, 6.07) is -1.01. The standard InChI is InChI=1S/C24H27F6NO6.C15H24BrNO4.C11H21NO3.C4H5BrO2/c1-5-36-19(33)10-9-18(32)17(11-13(2)3)31-21(34)14(4)12-37-22(35)20-15(23(25,26)27)7-6-8-16(20)24(28,29)30;1-5-21-14(19)7-6-13(18)12(8-10(2)3)17-15(20)11(4)9-16;1-4-15-11(14)6-5-10(13)9(12)7-8(2)3;1-3(2-5)4(6)7/h6-8,13,17H,4-5,9-12H2,1-3H3,(H,31,34);10,12H,4-9H2,1-3H3,(H,17,20);8-9H,4-7,12H2,1-3H3;1-2H2,(H,6,7). The first-order valence-corrected chi connectivity index (χ1v) is 27.4. The summed E-state index contributed by atoms with van der Waals surface area (Å²) in [7, 11) is 0. The van der Waals surface area contributed by atoms with E-state index in [9.17, 15) is 74.3 Å². The van der Waals surface area contributed by atoms with E-state index in [1.165, 1.54) is 0 Å². The fourth-order valence-corrected chi connectivity index (χ4v) is 6.70. The molecule has 0 radical (unpaired) electrons. The van der Waals surface area contributed by atoms with Gasteiger partial charge in [0.2, 0.25) is 5.91 Å². The van der Waals surface area contributed by atoms with Crippen LogP contribution < -0.4 is 16.4 Å². The van der Waals surface area contributed by atoms with Gasteiger partial charge in [0.05, 0.1) is 73.9 Å². The molecular weight excluding hydrogens is 1200 g/mol. The number of halogens is 8. The smallest absolute Gasteiger partial charge is 0.417 e. The molecule has 0 heterocycles. The van der Waals surface area contributed by atoms with Gasteiger partial charge < -0.3 is 40.4 Å². The van der Waals surface area contributed by atoms with Crippen molar-refractivity contribution in [3.8, 4) is 0 Å². The van der Waals surface area contributed by atoms with Gasteiger partial charge in [0.1, 0.15) is 12.4 Å². The Kier molecular flexibility index (Phi) is 40.5. The van der Waals surface area contributed by atoms with E-state index in [1.54, 1.807) is 34.6 Å². The van der Waals surface area contributed by atoms with Crippen LogP contribution in [0.2, 0.25) is 0 Å². The second kappa shape index (κ2) is 41.3. The minimum absolute atomic E-state index is 0.0382. The number of hydrogen-bond donors (Lipinski definition) is 4. The van der Waals surface area contributed by atoms with Gasteiger partial charge in [0.15, 0.2) is 11.6 Å². The van der Waals surface area contributed by atoms with Crippen LogP contribution in [0.3, 0.4) is 0 Å². The highest BCUT2D eigenvalue weighted by Gasteiger charge is 2.43. The van der Waals surface area contributed by atoms with Crippen LogP contribution in [0.15, 0.2) is 54.7 Å². The number of amides is 2. The Bertz CT molecular complexity index is 2220. The Morgan fingerprint density at radius 3 is 1.18 bits per heavy atom. The van der Waals surface area contributed by atoms with E-state index in [2.05, 4.69) is 67.0 Å². The minimum Gasteiger partial charge on any atom is -0.478 e. The number of nitrogens with two attached hydrogens (primary N) is 1. The molecule has 1 aromatic rings. The Hall–Kier alpha value is -5.76. The van der Waals surface area contributed by atoms with Crippen molar-refractivity contribution in [3.63, 3.8) is 0 Å². The zero-order valence-electron chi connectivity index (χ0n) is 46.7. The lowest BCUT2D eigenvalue weighted by Crippen LogP contribution is -2.43. The normalized spacial score (nSPS) is 12.0. The summed E-state index contributed by atoms with van der Waals surface area (Å²) in [6.07, 6.45) is -9.27. The summed E-state index contributed by atoms with van der Waals surface area (Å²) in [6.45, 7) is 26.4. The van der Waals surface area contributed by atoms with Gasteiger partial charge in [0.25, 0.3) is 5.91 Å². The van der Waals surface area contributed by atoms with Crippen molar-refractivity contribution in [3.05, 3.63) is 71.3 Å². The SMILES string of the molecule is C=C(CBr)C(=O)NC(CC(C)C)C(=O)CCC(=O)OCC.C=C(CBr)C(=O)O.C=C(COC(=O)c1c(C(F)(F)F)cccc1C(F)(F)F)C(=O)NC(CC(C)C)C(=O)CCC(=O)OCC.CCOC(=O)CCC(=O)C(N)CC(C)C. The Morgan fingerprint density at radius 1 is 0.550 bits per heavy atom. The molecule has 0 fully saturated rings. The summed E-state index contributed by atoms with van der Waals surface area (Å²) in [5.74, 6) is -5.77. The van der Waals surface area contributed by atoms with Gasteiger partial charge in [0, 0.05) is 46.6 Å². The lowest BCUT2D eigenvalue weighted by Gasteiger charge is -2.20. The van der Waals surface area contributed by atoms with E-state index in [-0.39, 0.29) is 92.4 Å². The number of carbonyl (C=O) groups is 10. The van der Waals surface area contributed by atoms with E-state index < -0.39 is 94.9 Å². The predicted molar refractivity (Wildman–Crippen MR) is 292 cm³/mol. The first-order chi connectivity index (χ1) is 36.9. The number of nitrogens with one attached hydrogen (secondary N) is 2. The van der Waals surface area contributed by atoms with Crippen molar-refractivity contribution in [2.45, 2.75) is 151 Å². The molecule has 5 N–H and O–H groups in total. The van der Waals surface area contributed by atoms with Crippen LogP contribution in [0.25, 0.3) is 0 Å². The maximum atomic E-state index is 13.3. The van der Waals surface area contributed by atoms with E-state index in [4.69, 9.17) is 25.1 Å². The highest BCUT2D eigenvalue weighted by molar-refractivity contribution is 9.09. The highest BCUT2D eigenvalue weighted by atomic mass is 79.9. The van der Waals surface area contributed by atoms with Crippen molar-refractivity contribution in [2.24, 2.45) is 23.5 Å². The van der Waals surface area contributed by atoms with Crippen LogP contribution in [-0.4, -0.2) is 119 Å². The largest absolute Gasteiger partial charge is 0.478 e. The zero-order chi connectivity index (χ0) is 62.7. The molecule has 2 amide bonds. The molecule has 18 nitrogen and oxygen atoms in total. The number of carboxylic acids is 1. The molecule has 26 heteroatoms. The molecule has 0 saturated carbocycles. The number of hydrogen-bond acceptors (Lipinski definition) is 15. The minimum atomic E-state index is -5.29. The molecule has 0 aliphatic rings. The zero-order valence-corrected chi connectivity index (χ0v) is 49.9. The Morgan fingerprint density at radius 2 is 0.887 bits per heavy atom. The average molecular weight is 1280 g/mol. The van der Waals surface area contributed by atoms with Gasteiger partial charge in [-0.3, -0.25) is 38.4 Å². The van der Waals surface area contributed by atoms with Gasteiger partial charge in [-0.05, 0) is 69.9 Å². The molecule has 0 saturated heterocycles. The Balaban J connectivity index is -0.00000115. The van der Waals surface area contributed by atoms with Crippen molar-refractivity contribution in [1.82, 2.24) is 10.6 Å². The van der Waals surface area contributed by atoms with Gasteiger partial charge >= 0.3 is 42.2 Å². The number of aliphatic carboxylic acids is 1. The maximum Gasteiger partial charge on any atom is 0.417 e. The molecular formula is C54H77Br2F6N3O15. The van der Waals surface area contributed by atoms with Crippen LogP contribution >= 0.6 is 31.9 Å². The summed E-state index contributed by atoms with van der Waals surface area (Å²) in [5, 5.41) is 13.8. The lowest BCUT2D eigenvalue weighted by atomic mass is 9.97. The molecule has 3 atom stereocenters. The summed E-state index contributed by atoms with van der Waals surface area (Å²) in [5.41, 5.74) is 0.233. The van der Waals surface area contributed by atoms with Crippen LogP contribution in [0.1, 0.15) is 142 Å². The van der Waals surface area contributed by atoms with Gasteiger partial charge in [-0.1, -0.05) is 99.2 Å². The topological polar surface area (TPSA) is 278 Å². The number of ether oxygens (including phenoxy) is 4. The summed E-state index contributed by atoms with van der Waals surface area (Å²) in [4.78, 5) is 116. The molecule has 0 aliphatic heterocycles. The first-order valence-electron chi connectivity index (χ1n) is 25.2. The number of rotatable bonds is 31. The number of carbonyl (C=O) groups excluding carboxylic acids is 9. The molecule has 1 rings (SSSR count).